The number of aryl methyl sites for hydroxylation is 1. The Balaban J connectivity index is 1.67. The van der Waals surface area contributed by atoms with Crippen LogP contribution in [0.2, 0.25) is 0 Å². The van der Waals surface area contributed by atoms with E-state index < -0.39 is 15.9 Å². The fourth-order valence-corrected chi connectivity index (χ4v) is 5.17. The first-order valence-corrected chi connectivity index (χ1v) is 12.6. The van der Waals surface area contributed by atoms with Crippen LogP contribution in [0.3, 0.4) is 0 Å². The zero-order valence-corrected chi connectivity index (χ0v) is 20.3. The molecule has 9 nitrogen and oxygen atoms in total. The van der Waals surface area contributed by atoms with Crippen molar-refractivity contribution in [2.24, 2.45) is 0 Å². The van der Waals surface area contributed by atoms with Gasteiger partial charge in [-0.25, -0.2) is 17.7 Å². The number of sulfonamides is 1. The summed E-state index contributed by atoms with van der Waals surface area (Å²) in [6.45, 7) is 0.662. The molecule has 4 rings (SSSR count). The van der Waals surface area contributed by atoms with E-state index in [0.717, 1.165) is 42.2 Å². The molecule has 34 heavy (non-hydrogen) atoms. The molecule has 0 radical (unpaired) electrons. The van der Waals surface area contributed by atoms with Crippen molar-refractivity contribution in [1.29, 1.82) is 0 Å². The average Bonchev–Trinajstić information content (AvgIpc) is 2.79. The zero-order chi connectivity index (χ0) is 24.5. The molecule has 0 saturated carbocycles. The van der Waals surface area contributed by atoms with Gasteiger partial charge in [-0.1, -0.05) is 12.8 Å². The number of aromatic nitrogens is 2. The molecular formula is C24H28N4O5S. The van der Waals surface area contributed by atoms with E-state index in [1.165, 1.54) is 33.3 Å². The molecule has 0 aliphatic carbocycles. The standard InChI is InChI=1S/C24H28N4O5S/c1-27(2)34(31,32)21-15-17(10-12-20(21)33-3)25-23(29)16-9-11-18-19(14-16)26-22-8-6-4-5-7-13-28(22)24(18)30/h9-12,14-15H,4-8,13H2,1-3H3,(H,25,29). The summed E-state index contributed by atoms with van der Waals surface area (Å²) >= 11 is 0. The Hall–Kier alpha value is -3.24. The summed E-state index contributed by atoms with van der Waals surface area (Å²) in [7, 11) is 0.451. The highest BCUT2D eigenvalue weighted by Crippen LogP contribution is 2.29. The zero-order valence-electron chi connectivity index (χ0n) is 19.5. The van der Waals surface area contributed by atoms with Gasteiger partial charge in [-0.2, -0.15) is 0 Å². The number of carbonyl (C=O) groups excluding carboxylic acids is 1. The van der Waals surface area contributed by atoms with Crippen LogP contribution in [0.4, 0.5) is 5.69 Å². The first kappa shape index (κ1) is 23.9. The molecule has 3 aromatic rings. The average molecular weight is 485 g/mol. The van der Waals surface area contributed by atoms with E-state index in [9.17, 15) is 18.0 Å². The van der Waals surface area contributed by atoms with Gasteiger partial charge in [-0.05, 0) is 49.2 Å². The maximum absolute atomic E-state index is 13.0. The highest BCUT2D eigenvalue weighted by Gasteiger charge is 2.23. The van der Waals surface area contributed by atoms with Crippen molar-refractivity contribution < 1.29 is 17.9 Å². The van der Waals surface area contributed by atoms with Gasteiger partial charge in [0.25, 0.3) is 11.5 Å². The predicted molar refractivity (Wildman–Crippen MR) is 130 cm³/mol. The second-order valence-electron chi connectivity index (χ2n) is 8.49. The van der Waals surface area contributed by atoms with Crippen LogP contribution in [-0.4, -0.2) is 49.4 Å². The van der Waals surface area contributed by atoms with Crippen molar-refractivity contribution in [3.63, 3.8) is 0 Å². The van der Waals surface area contributed by atoms with Crippen molar-refractivity contribution in [1.82, 2.24) is 13.9 Å². The third-order valence-corrected chi connectivity index (χ3v) is 7.85. The number of fused-ring (bicyclic) bond motifs is 2. The van der Waals surface area contributed by atoms with Crippen LogP contribution in [-0.2, 0) is 23.0 Å². The molecule has 0 spiro atoms. The van der Waals surface area contributed by atoms with Crippen LogP contribution in [0, 0.1) is 0 Å². The first-order valence-electron chi connectivity index (χ1n) is 11.2. The number of hydrogen-bond acceptors (Lipinski definition) is 6. The summed E-state index contributed by atoms with van der Waals surface area (Å²) in [5.74, 6) is 0.496. The SMILES string of the molecule is COc1ccc(NC(=O)c2ccc3c(=O)n4c(nc3c2)CCCCCC4)cc1S(=O)(=O)N(C)C. The molecular weight excluding hydrogens is 456 g/mol. The Morgan fingerprint density at radius 3 is 2.59 bits per heavy atom. The van der Waals surface area contributed by atoms with E-state index in [1.807, 2.05) is 0 Å². The van der Waals surface area contributed by atoms with E-state index in [-0.39, 0.29) is 16.2 Å². The minimum atomic E-state index is -3.78. The number of nitrogens with zero attached hydrogens (tertiary/aromatic N) is 3. The monoisotopic (exact) mass is 484 g/mol. The normalized spacial score (nSPS) is 14.4. The number of benzene rings is 2. The molecule has 2 aromatic carbocycles. The van der Waals surface area contributed by atoms with E-state index >= 15 is 0 Å². The van der Waals surface area contributed by atoms with Crippen LogP contribution in [0.1, 0.15) is 41.9 Å². The topological polar surface area (TPSA) is 111 Å². The molecule has 2 heterocycles. The molecule has 0 saturated heterocycles. The summed E-state index contributed by atoms with van der Waals surface area (Å²) in [4.78, 5) is 30.6. The summed E-state index contributed by atoms with van der Waals surface area (Å²) in [5, 5.41) is 3.21. The Morgan fingerprint density at radius 2 is 1.85 bits per heavy atom. The summed E-state index contributed by atoms with van der Waals surface area (Å²) < 4.78 is 33.3. The van der Waals surface area contributed by atoms with Gasteiger partial charge in [0.05, 0.1) is 18.0 Å². The van der Waals surface area contributed by atoms with E-state index in [1.54, 1.807) is 28.8 Å². The number of nitrogens with one attached hydrogen (secondary N) is 1. The Kier molecular flexibility index (Phi) is 6.72. The van der Waals surface area contributed by atoms with Gasteiger partial charge in [0.2, 0.25) is 10.0 Å². The van der Waals surface area contributed by atoms with Crippen molar-refractivity contribution in [2.75, 3.05) is 26.5 Å². The molecule has 0 atom stereocenters. The largest absolute Gasteiger partial charge is 0.495 e. The van der Waals surface area contributed by atoms with Crippen LogP contribution in [0.5, 0.6) is 5.75 Å². The number of hydrogen-bond donors (Lipinski definition) is 1. The molecule has 10 heteroatoms. The molecule has 1 N–H and O–H groups in total. The van der Waals surface area contributed by atoms with E-state index in [2.05, 4.69) is 5.32 Å². The molecule has 180 valence electrons. The van der Waals surface area contributed by atoms with Gasteiger partial charge >= 0.3 is 0 Å². The first-order chi connectivity index (χ1) is 16.2. The molecule has 0 fully saturated rings. The number of amides is 1. The lowest BCUT2D eigenvalue weighted by Crippen LogP contribution is -2.26. The Bertz CT molecular complexity index is 1410. The van der Waals surface area contributed by atoms with Crippen LogP contribution >= 0.6 is 0 Å². The second-order valence-corrected chi connectivity index (χ2v) is 10.6. The van der Waals surface area contributed by atoms with Gasteiger partial charge in [0, 0.05) is 38.3 Å². The molecule has 1 amide bonds. The van der Waals surface area contributed by atoms with Crippen LogP contribution in [0.25, 0.3) is 10.9 Å². The lowest BCUT2D eigenvalue weighted by atomic mass is 10.1. The highest BCUT2D eigenvalue weighted by atomic mass is 32.2. The van der Waals surface area contributed by atoms with Crippen LogP contribution in [0.15, 0.2) is 46.1 Å². The third kappa shape index (κ3) is 4.55. The molecule has 1 aliphatic rings. The molecule has 1 aromatic heterocycles. The van der Waals surface area contributed by atoms with Gasteiger partial charge in [-0.15, -0.1) is 0 Å². The van der Waals surface area contributed by atoms with E-state index in [4.69, 9.17) is 9.72 Å². The number of carbonyl (C=O) groups is 1. The predicted octanol–water partition coefficient (Wildman–Crippen LogP) is 3.02. The highest BCUT2D eigenvalue weighted by molar-refractivity contribution is 7.89. The van der Waals surface area contributed by atoms with Gasteiger partial charge in [0.1, 0.15) is 16.5 Å². The fourth-order valence-electron chi connectivity index (χ4n) is 4.09. The van der Waals surface area contributed by atoms with Crippen molar-refractivity contribution >= 4 is 32.5 Å². The van der Waals surface area contributed by atoms with Gasteiger partial charge in [-0.3, -0.25) is 14.2 Å². The fraction of sp³-hybridized carbons (Fsp3) is 0.375. The molecule has 1 aliphatic heterocycles. The minimum Gasteiger partial charge on any atom is -0.495 e. The molecule has 0 bridgehead atoms. The minimum absolute atomic E-state index is 0.0513. The van der Waals surface area contributed by atoms with Crippen molar-refractivity contribution in [3.05, 3.63) is 58.1 Å². The lowest BCUT2D eigenvalue weighted by molar-refractivity contribution is 0.102. The third-order valence-electron chi connectivity index (χ3n) is 6.01. The van der Waals surface area contributed by atoms with Crippen molar-refractivity contribution in [3.8, 4) is 5.75 Å². The smallest absolute Gasteiger partial charge is 0.261 e. The van der Waals surface area contributed by atoms with E-state index in [0.29, 0.717) is 28.7 Å². The quantitative estimate of drug-likeness (QED) is 0.596. The Morgan fingerprint density at radius 1 is 1.09 bits per heavy atom. The number of ether oxygens (including phenoxy) is 1. The van der Waals surface area contributed by atoms with Crippen LogP contribution < -0.4 is 15.6 Å². The summed E-state index contributed by atoms with van der Waals surface area (Å²) in [5.41, 5.74) is 1.03. The number of methoxy groups -OCH3 is 1. The second kappa shape index (κ2) is 9.55. The molecule has 0 unspecified atom stereocenters. The summed E-state index contributed by atoms with van der Waals surface area (Å²) in [6, 6.07) is 9.24. The van der Waals surface area contributed by atoms with Gasteiger partial charge in [0.15, 0.2) is 0 Å². The van der Waals surface area contributed by atoms with Gasteiger partial charge < -0.3 is 10.1 Å². The maximum atomic E-state index is 13.0. The lowest BCUT2D eigenvalue weighted by Gasteiger charge is -2.17. The Labute approximate surface area is 198 Å². The summed E-state index contributed by atoms with van der Waals surface area (Å²) in [6.07, 6.45) is 4.88. The maximum Gasteiger partial charge on any atom is 0.261 e. The van der Waals surface area contributed by atoms with Crippen molar-refractivity contribution in [2.45, 2.75) is 43.5 Å². The number of rotatable bonds is 5. The number of anilines is 1.